The van der Waals surface area contributed by atoms with Crippen molar-refractivity contribution in [1.82, 2.24) is 0 Å². The number of amides is 2. The van der Waals surface area contributed by atoms with E-state index in [1.54, 1.807) is 24.3 Å². The highest BCUT2D eigenvalue weighted by Gasteiger charge is 2.33. The average molecular weight is 391 g/mol. The zero-order valence-corrected chi connectivity index (χ0v) is 16.8. The van der Waals surface area contributed by atoms with Gasteiger partial charge < -0.3 is 11.1 Å². The number of rotatable bonds is 3. The molecule has 0 radical (unpaired) electrons. The summed E-state index contributed by atoms with van der Waals surface area (Å²) in [5.74, 6) is -0.232. The number of nitrogens with one attached hydrogen (secondary N) is 1. The summed E-state index contributed by atoms with van der Waals surface area (Å²) >= 11 is 7.43. The first-order valence-electron chi connectivity index (χ1n) is 8.68. The predicted molar refractivity (Wildman–Crippen MR) is 107 cm³/mol. The number of fused-ring (bicyclic) bond motifs is 1. The lowest BCUT2D eigenvalue weighted by Gasteiger charge is -2.33. The van der Waals surface area contributed by atoms with Gasteiger partial charge in [-0.1, -0.05) is 38.4 Å². The van der Waals surface area contributed by atoms with Gasteiger partial charge in [0.2, 0.25) is 0 Å². The molecule has 0 fully saturated rings. The Balaban J connectivity index is 1.92. The Labute approximate surface area is 162 Å². The maximum Gasteiger partial charge on any atom is 0.256 e. The van der Waals surface area contributed by atoms with E-state index in [-0.39, 0.29) is 11.3 Å². The molecule has 0 bridgehead atoms. The molecule has 26 heavy (non-hydrogen) atoms. The Morgan fingerprint density at radius 2 is 2.04 bits per heavy atom. The van der Waals surface area contributed by atoms with E-state index in [0.29, 0.717) is 27.1 Å². The number of carbonyl (C=O) groups excluding carboxylic acids is 2. The van der Waals surface area contributed by atoms with Crippen LogP contribution in [0.4, 0.5) is 5.00 Å². The van der Waals surface area contributed by atoms with Crippen molar-refractivity contribution in [3.63, 3.8) is 0 Å². The van der Waals surface area contributed by atoms with Crippen molar-refractivity contribution >= 4 is 39.8 Å². The van der Waals surface area contributed by atoms with Gasteiger partial charge in [-0.25, -0.2) is 0 Å². The molecule has 0 saturated heterocycles. The van der Waals surface area contributed by atoms with Crippen molar-refractivity contribution < 1.29 is 9.59 Å². The third-order valence-electron chi connectivity index (χ3n) is 5.05. The molecule has 4 nitrogen and oxygen atoms in total. The minimum Gasteiger partial charge on any atom is -0.365 e. The van der Waals surface area contributed by atoms with Gasteiger partial charge in [-0.15, -0.1) is 11.3 Å². The summed E-state index contributed by atoms with van der Waals surface area (Å²) in [6.07, 6.45) is 2.76. The summed E-state index contributed by atoms with van der Waals surface area (Å²) < 4.78 is 0. The molecule has 3 rings (SSSR count). The van der Waals surface area contributed by atoms with Crippen molar-refractivity contribution in [3.8, 4) is 0 Å². The van der Waals surface area contributed by atoms with Crippen molar-refractivity contribution in [2.75, 3.05) is 5.32 Å². The van der Waals surface area contributed by atoms with E-state index in [2.05, 4.69) is 26.1 Å². The number of benzene rings is 1. The van der Waals surface area contributed by atoms with Crippen molar-refractivity contribution in [2.45, 2.75) is 40.0 Å². The Bertz CT molecular complexity index is 867. The van der Waals surface area contributed by atoms with Gasteiger partial charge in [0.1, 0.15) is 5.00 Å². The van der Waals surface area contributed by atoms with E-state index < -0.39 is 5.91 Å². The van der Waals surface area contributed by atoms with E-state index in [9.17, 15) is 9.59 Å². The average Bonchev–Trinajstić information content (AvgIpc) is 2.91. The molecular formula is C20H23ClN2O2S. The van der Waals surface area contributed by atoms with Crippen LogP contribution in [0.25, 0.3) is 0 Å². The molecule has 1 aromatic heterocycles. The third-order valence-corrected chi connectivity index (χ3v) is 6.46. The molecule has 1 aliphatic carbocycles. The lowest BCUT2D eigenvalue weighted by Crippen LogP contribution is -2.27. The van der Waals surface area contributed by atoms with Gasteiger partial charge in [0.05, 0.1) is 5.56 Å². The minimum absolute atomic E-state index is 0.207. The first kappa shape index (κ1) is 18.9. The maximum atomic E-state index is 12.6. The second-order valence-corrected chi connectivity index (χ2v) is 9.38. The minimum atomic E-state index is -0.488. The standard InChI is InChI=1S/C20H23ClN2O2S/c1-20(2,3)12-7-8-14-15(10-12)26-19(16(14)17(22)24)23-18(25)11-5-4-6-13(21)9-11/h4-6,9,12H,7-8,10H2,1-3H3,(H2,22,24)(H,23,25)/t12-/m0/s1. The first-order valence-corrected chi connectivity index (χ1v) is 9.87. The smallest absolute Gasteiger partial charge is 0.256 e. The fourth-order valence-corrected chi connectivity index (χ4v) is 5.00. The highest BCUT2D eigenvalue weighted by Crippen LogP contribution is 2.44. The van der Waals surface area contributed by atoms with Gasteiger partial charge >= 0.3 is 0 Å². The molecule has 1 aliphatic rings. The van der Waals surface area contributed by atoms with Crippen LogP contribution in [0.5, 0.6) is 0 Å². The summed E-state index contributed by atoms with van der Waals surface area (Å²) in [4.78, 5) is 25.8. The highest BCUT2D eigenvalue weighted by molar-refractivity contribution is 7.17. The molecule has 138 valence electrons. The van der Waals surface area contributed by atoms with E-state index >= 15 is 0 Å². The number of anilines is 1. The van der Waals surface area contributed by atoms with Gasteiger partial charge in [0.25, 0.3) is 11.8 Å². The number of hydrogen-bond acceptors (Lipinski definition) is 3. The maximum absolute atomic E-state index is 12.6. The Morgan fingerprint density at radius 1 is 1.31 bits per heavy atom. The monoisotopic (exact) mass is 390 g/mol. The van der Waals surface area contributed by atoms with Crippen molar-refractivity contribution in [3.05, 3.63) is 50.9 Å². The van der Waals surface area contributed by atoms with E-state index in [4.69, 9.17) is 17.3 Å². The summed E-state index contributed by atoms with van der Waals surface area (Å²) in [5.41, 5.74) is 7.76. The fourth-order valence-electron chi connectivity index (χ4n) is 3.48. The molecule has 1 heterocycles. The lowest BCUT2D eigenvalue weighted by molar-refractivity contribution is 0.1000. The molecule has 2 aromatic rings. The molecule has 6 heteroatoms. The summed E-state index contributed by atoms with van der Waals surface area (Å²) in [7, 11) is 0. The quantitative estimate of drug-likeness (QED) is 0.781. The normalized spacial score (nSPS) is 16.8. The summed E-state index contributed by atoms with van der Waals surface area (Å²) in [5, 5.41) is 3.90. The molecular weight excluding hydrogens is 368 g/mol. The second-order valence-electron chi connectivity index (χ2n) is 7.84. The number of carbonyl (C=O) groups is 2. The van der Waals surface area contributed by atoms with Gasteiger partial charge in [-0.3, -0.25) is 9.59 Å². The van der Waals surface area contributed by atoms with Crippen LogP contribution in [0, 0.1) is 11.3 Å². The SMILES string of the molecule is CC(C)(C)[C@H]1CCc2c(sc(NC(=O)c3cccc(Cl)c3)c2C(N)=O)C1. The van der Waals surface area contributed by atoms with Crippen LogP contribution in [0.2, 0.25) is 5.02 Å². The lowest BCUT2D eigenvalue weighted by atomic mass is 9.72. The van der Waals surface area contributed by atoms with Crippen LogP contribution >= 0.6 is 22.9 Å². The van der Waals surface area contributed by atoms with Crippen LogP contribution < -0.4 is 11.1 Å². The molecule has 2 amide bonds. The van der Waals surface area contributed by atoms with Crippen LogP contribution in [0.3, 0.4) is 0 Å². The molecule has 0 saturated carbocycles. The Hall–Kier alpha value is -1.85. The van der Waals surface area contributed by atoms with Crippen LogP contribution in [0.15, 0.2) is 24.3 Å². The predicted octanol–water partition coefficient (Wildman–Crippen LogP) is 4.90. The van der Waals surface area contributed by atoms with Crippen molar-refractivity contribution in [2.24, 2.45) is 17.1 Å². The molecule has 0 spiro atoms. The van der Waals surface area contributed by atoms with Gasteiger partial charge in [0.15, 0.2) is 0 Å². The van der Waals surface area contributed by atoms with Crippen LogP contribution in [0.1, 0.15) is 58.3 Å². The molecule has 0 unspecified atom stereocenters. The summed E-state index contributed by atoms with van der Waals surface area (Å²) in [6.45, 7) is 6.73. The number of hydrogen-bond donors (Lipinski definition) is 2. The molecule has 0 aliphatic heterocycles. The zero-order chi connectivity index (χ0) is 19.1. The molecule has 1 aromatic carbocycles. The Morgan fingerprint density at radius 3 is 2.65 bits per heavy atom. The number of nitrogens with two attached hydrogens (primary N) is 1. The van der Waals surface area contributed by atoms with E-state index in [1.807, 2.05) is 0 Å². The van der Waals surface area contributed by atoms with Gasteiger partial charge in [-0.2, -0.15) is 0 Å². The van der Waals surface area contributed by atoms with Crippen LogP contribution in [-0.4, -0.2) is 11.8 Å². The zero-order valence-electron chi connectivity index (χ0n) is 15.2. The van der Waals surface area contributed by atoms with Crippen LogP contribution in [-0.2, 0) is 12.8 Å². The number of halogens is 1. The van der Waals surface area contributed by atoms with E-state index in [1.165, 1.54) is 11.3 Å². The summed E-state index contributed by atoms with van der Waals surface area (Å²) in [6, 6.07) is 6.72. The topological polar surface area (TPSA) is 72.2 Å². The molecule has 1 atom stereocenters. The van der Waals surface area contributed by atoms with E-state index in [0.717, 1.165) is 29.7 Å². The van der Waals surface area contributed by atoms with Crippen molar-refractivity contribution in [1.29, 1.82) is 0 Å². The largest absolute Gasteiger partial charge is 0.365 e. The Kier molecular flexibility index (Phi) is 5.13. The number of thiophene rings is 1. The number of primary amides is 1. The fraction of sp³-hybridized carbons (Fsp3) is 0.400. The first-order chi connectivity index (χ1) is 12.2. The molecule has 3 N–H and O–H groups in total. The highest BCUT2D eigenvalue weighted by atomic mass is 35.5. The van der Waals surface area contributed by atoms with Gasteiger partial charge in [-0.05, 0) is 54.4 Å². The third kappa shape index (κ3) is 3.79. The van der Waals surface area contributed by atoms with Gasteiger partial charge in [0, 0.05) is 15.5 Å². The second kappa shape index (κ2) is 7.05.